The molecule has 0 spiro atoms. The molecule has 0 unspecified atom stereocenters. The lowest BCUT2D eigenvalue weighted by molar-refractivity contribution is -0.141. The van der Waals surface area contributed by atoms with Gasteiger partial charge in [-0.2, -0.15) is 0 Å². The van der Waals surface area contributed by atoms with E-state index in [4.69, 9.17) is 5.11 Å². The van der Waals surface area contributed by atoms with Crippen LogP contribution in [-0.4, -0.2) is 29.4 Å². The first-order chi connectivity index (χ1) is 10.9. The first-order valence-electron chi connectivity index (χ1n) is 7.86. The van der Waals surface area contributed by atoms with Gasteiger partial charge in [0, 0.05) is 30.3 Å². The number of nitrogens with one attached hydrogen (secondary N) is 1. The standard InChI is InChI=1S/C17H22N2O4/c1-3-5-11(2)16(21)18-13-6-4-7-14(9-13)19-10-12(17(22)23)8-15(19)20/h4,6-7,9,11-12H,3,5,8,10H2,1-2H3,(H,18,21)(H,22,23)/t11-,12-/m1/s1. The monoisotopic (exact) mass is 318 g/mol. The van der Waals surface area contributed by atoms with Crippen molar-refractivity contribution in [3.63, 3.8) is 0 Å². The lowest BCUT2D eigenvalue weighted by Gasteiger charge is -2.18. The molecule has 2 N–H and O–H groups in total. The molecule has 0 aliphatic carbocycles. The van der Waals surface area contributed by atoms with Gasteiger partial charge in [0.2, 0.25) is 11.8 Å². The molecule has 6 nitrogen and oxygen atoms in total. The van der Waals surface area contributed by atoms with Crippen LogP contribution in [0.4, 0.5) is 11.4 Å². The fraction of sp³-hybridized carbons (Fsp3) is 0.471. The Kier molecular flexibility index (Phi) is 5.36. The minimum Gasteiger partial charge on any atom is -0.481 e. The Labute approximate surface area is 135 Å². The number of hydrogen-bond donors (Lipinski definition) is 2. The smallest absolute Gasteiger partial charge is 0.308 e. The number of carboxylic acids is 1. The van der Waals surface area contributed by atoms with Gasteiger partial charge in [0.05, 0.1) is 5.92 Å². The van der Waals surface area contributed by atoms with E-state index in [-0.39, 0.29) is 30.7 Å². The van der Waals surface area contributed by atoms with Gasteiger partial charge in [0.1, 0.15) is 0 Å². The first kappa shape index (κ1) is 17.0. The molecule has 0 bridgehead atoms. The van der Waals surface area contributed by atoms with E-state index in [1.54, 1.807) is 24.3 Å². The van der Waals surface area contributed by atoms with Crippen molar-refractivity contribution in [1.82, 2.24) is 0 Å². The Balaban J connectivity index is 2.10. The van der Waals surface area contributed by atoms with E-state index in [2.05, 4.69) is 5.32 Å². The molecule has 1 aliphatic heterocycles. The summed E-state index contributed by atoms with van der Waals surface area (Å²) in [7, 11) is 0. The van der Waals surface area contributed by atoms with Crippen molar-refractivity contribution in [3.8, 4) is 0 Å². The number of anilines is 2. The van der Waals surface area contributed by atoms with E-state index in [1.807, 2.05) is 13.8 Å². The molecular formula is C17H22N2O4. The second-order valence-corrected chi connectivity index (χ2v) is 5.97. The average Bonchev–Trinajstić information content (AvgIpc) is 2.90. The van der Waals surface area contributed by atoms with Crippen LogP contribution in [0.2, 0.25) is 0 Å². The SMILES string of the molecule is CCC[C@@H](C)C(=O)Nc1cccc(N2C[C@H](C(=O)O)CC2=O)c1. The fourth-order valence-corrected chi connectivity index (χ4v) is 2.70. The Morgan fingerprint density at radius 2 is 2.17 bits per heavy atom. The van der Waals surface area contributed by atoms with Crippen LogP contribution in [0, 0.1) is 11.8 Å². The van der Waals surface area contributed by atoms with Crippen molar-refractivity contribution in [3.05, 3.63) is 24.3 Å². The van der Waals surface area contributed by atoms with Crippen LogP contribution in [0.5, 0.6) is 0 Å². The highest BCUT2D eigenvalue weighted by atomic mass is 16.4. The number of rotatable bonds is 6. The molecule has 23 heavy (non-hydrogen) atoms. The van der Waals surface area contributed by atoms with E-state index in [1.165, 1.54) is 4.90 Å². The zero-order valence-electron chi connectivity index (χ0n) is 13.4. The number of hydrogen-bond acceptors (Lipinski definition) is 3. The molecule has 1 saturated heterocycles. The normalized spacial score (nSPS) is 18.8. The van der Waals surface area contributed by atoms with Crippen molar-refractivity contribution in [2.45, 2.75) is 33.1 Å². The highest BCUT2D eigenvalue weighted by molar-refractivity contribution is 6.00. The topological polar surface area (TPSA) is 86.7 Å². The van der Waals surface area contributed by atoms with Crippen LogP contribution < -0.4 is 10.2 Å². The van der Waals surface area contributed by atoms with E-state index in [9.17, 15) is 14.4 Å². The van der Waals surface area contributed by atoms with Crippen LogP contribution in [0.15, 0.2) is 24.3 Å². The number of carboxylic acid groups (broad SMARTS) is 1. The van der Waals surface area contributed by atoms with Crippen LogP contribution >= 0.6 is 0 Å². The van der Waals surface area contributed by atoms with Gasteiger partial charge in [0.15, 0.2) is 0 Å². The summed E-state index contributed by atoms with van der Waals surface area (Å²) < 4.78 is 0. The fourth-order valence-electron chi connectivity index (χ4n) is 2.70. The molecular weight excluding hydrogens is 296 g/mol. The Morgan fingerprint density at radius 3 is 2.78 bits per heavy atom. The minimum absolute atomic E-state index is 0.0133. The number of nitrogens with zero attached hydrogens (tertiary/aromatic N) is 1. The number of aliphatic carboxylic acids is 1. The zero-order chi connectivity index (χ0) is 17.0. The molecule has 2 rings (SSSR count). The van der Waals surface area contributed by atoms with Crippen LogP contribution in [-0.2, 0) is 14.4 Å². The minimum atomic E-state index is -0.960. The van der Waals surface area contributed by atoms with Crippen LogP contribution in [0.1, 0.15) is 33.1 Å². The molecule has 2 atom stereocenters. The summed E-state index contributed by atoms with van der Waals surface area (Å²) in [5.74, 6) is -1.97. The Bertz CT molecular complexity index is 614. The maximum Gasteiger partial charge on any atom is 0.308 e. The third-order valence-electron chi connectivity index (χ3n) is 4.07. The second kappa shape index (κ2) is 7.26. The van der Waals surface area contributed by atoms with Gasteiger partial charge in [-0.25, -0.2) is 0 Å². The number of carbonyl (C=O) groups is 3. The molecule has 0 aromatic heterocycles. The molecule has 1 aliphatic rings. The molecule has 0 saturated carbocycles. The predicted molar refractivity (Wildman–Crippen MR) is 87.2 cm³/mol. The Morgan fingerprint density at radius 1 is 1.43 bits per heavy atom. The van der Waals surface area contributed by atoms with Crippen molar-refractivity contribution >= 4 is 29.2 Å². The molecule has 1 fully saturated rings. The summed E-state index contributed by atoms with van der Waals surface area (Å²) >= 11 is 0. The summed E-state index contributed by atoms with van der Waals surface area (Å²) in [6.45, 7) is 4.07. The van der Waals surface area contributed by atoms with E-state index in [0.29, 0.717) is 11.4 Å². The zero-order valence-corrected chi connectivity index (χ0v) is 13.4. The van der Waals surface area contributed by atoms with Gasteiger partial charge in [-0.3, -0.25) is 14.4 Å². The lowest BCUT2D eigenvalue weighted by Crippen LogP contribution is -2.26. The van der Waals surface area contributed by atoms with Gasteiger partial charge in [-0.05, 0) is 24.6 Å². The summed E-state index contributed by atoms with van der Waals surface area (Å²) in [4.78, 5) is 36.6. The molecule has 124 valence electrons. The molecule has 1 aromatic rings. The van der Waals surface area contributed by atoms with Gasteiger partial charge >= 0.3 is 5.97 Å². The molecule has 1 heterocycles. The van der Waals surface area contributed by atoms with E-state index < -0.39 is 11.9 Å². The molecule has 2 amide bonds. The van der Waals surface area contributed by atoms with Crippen molar-refractivity contribution in [1.29, 1.82) is 0 Å². The van der Waals surface area contributed by atoms with Gasteiger partial charge in [-0.15, -0.1) is 0 Å². The second-order valence-electron chi connectivity index (χ2n) is 5.97. The van der Waals surface area contributed by atoms with Gasteiger partial charge in [0.25, 0.3) is 0 Å². The van der Waals surface area contributed by atoms with Crippen molar-refractivity contribution in [2.24, 2.45) is 11.8 Å². The van der Waals surface area contributed by atoms with Gasteiger partial charge in [-0.1, -0.05) is 26.3 Å². The molecule has 1 aromatic carbocycles. The summed E-state index contributed by atoms with van der Waals surface area (Å²) in [6.07, 6.45) is 1.77. The third-order valence-corrected chi connectivity index (χ3v) is 4.07. The lowest BCUT2D eigenvalue weighted by atomic mass is 10.1. The van der Waals surface area contributed by atoms with E-state index in [0.717, 1.165) is 12.8 Å². The Hall–Kier alpha value is -2.37. The number of benzene rings is 1. The average molecular weight is 318 g/mol. The van der Waals surface area contributed by atoms with Crippen LogP contribution in [0.3, 0.4) is 0 Å². The third kappa shape index (κ3) is 4.09. The molecule has 6 heteroatoms. The largest absolute Gasteiger partial charge is 0.481 e. The number of carbonyl (C=O) groups excluding carboxylic acids is 2. The summed E-state index contributed by atoms with van der Waals surface area (Å²) in [5, 5.41) is 11.9. The first-order valence-corrected chi connectivity index (χ1v) is 7.86. The maximum absolute atomic E-state index is 12.1. The highest BCUT2D eigenvalue weighted by Gasteiger charge is 2.35. The number of amides is 2. The van der Waals surface area contributed by atoms with E-state index >= 15 is 0 Å². The van der Waals surface area contributed by atoms with Crippen LogP contribution in [0.25, 0.3) is 0 Å². The van der Waals surface area contributed by atoms with Crippen molar-refractivity contribution in [2.75, 3.05) is 16.8 Å². The quantitative estimate of drug-likeness (QED) is 0.843. The van der Waals surface area contributed by atoms with Crippen molar-refractivity contribution < 1.29 is 19.5 Å². The highest BCUT2D eigenvalue weighted by Crippen LogP contribution is 2.27. The predicted octanol–water partition coefficient (Wildman–Crippen LogP) is 2.50. The summed E-state index contributed by atoms with van der Waals surface area (Å²) in [5.41, 5.74) is 1.22. The van der Waals surface area contributed by atoms with Gasteiger partial charge < -0.3 is 15.3 Å². The molecule has 0 radical (unpaired) electrons. The summed E-state index contributed by atoms with van der Waals surface area (Å²) in [6, 6.07) is 6.96. The maximum atomic E-state index is 12.1.